The van der Waals surface area contributed by atoms with Crippen molar-refractivity contribution in [2.45, 2.75) is 91.6 Å². The summed E-state index contributed by atoms with van der Waals surface area (Å²) in [4.78, 5) is 26.4. The molecule has 3 rings (SSSR count). The Bertz CT molecular complexity index is 926. The Morgan fingerprint density at radius 3 is 2.39 bits per heavy atom. The molecule has 182 valence electrons. The molecule has 1 saturated carbocycles. The number of nitrogens with one attached hydrogen (secondary N) is 1. The molecule has 0 radical (unpaired) electrons. The third-order valence-electron chi connectivity index (χ3n) is 7.28. The van der Waals surface area contributed by atoms with Crippen molar-refractivity contribution in [3.05, 3.63) is 46.1 Å². The van der Waals surface area contributed by atoms with Gasteiger partial charge in [-0.15, -0.1) is 0 Å². The third kappa shape index (κ3) is 5.74. The molecule has 1 aromatic rings. The fourth-order valence-electron chi connectivity index (χ4n) is 5.10. The number of carbonyl (C=O) groups is 2. The van der Waals surface area contributed by atoms with Crippen LogP contribution < -0.4 is 5.32 Å². The van der Waals surface area contributed by atoms with E-state index in [1.807, 2.05) is 12.3 Å². The van der Waals surface area contributed by atoms with Gasteiger partial charge in [-0.25, -0.2) is 4.79 Å². The summed E-state index contributed by atoms with van der Waals surface area (Å²) in [5, 5.41) is 13.3. The molecule has 5 nitrogen and oxygen atoms in total. The predicted octanol–water partition coefficient (Wildman–Crippen LogP) is 6.74. The highest BCUT2D eigenvalue weighted by molar-refractivity contribution is 6.31. The molecule has 1 fully saturated rings. The van der Waals surface area contributed by atoms with Gasteiger partial charge in [0, 0.05) is 17.3 Å². The number of aryl methyl sites for hydroxylation is 1. The lowest BCUT2D eigenvalue weighted by Gasteiger charge is -2.45. The summed E-state index contributed by atoms with van der Waals surface area (Å²) in [5.41, 5.74) is 2.83. The normalized spacial score (nSPS) is 26.2. The van der Waals surface area contributed by atoms with Crippen molar-refractivity contribution in [1.29, 1.82) is 0 Å². The number of carboxylic acid groups (broad SMARTS) is 1. The van der Waals surface area contributed by atoms with E-state index in [0.29, 0.717) is 25.7 Å². The summed E-state index contributed by atoms with van der Waals surface area (Å²) < 4.78 is 0. The first-order chi connectivity index (χ1) is 15.3. The average Bonchev–Trinajstić information content (AvgIpc) is 2.72. The number of hydrogen-bond donors (Lipinski definition) is 2. The molecule has 2 amide bonds. The maximum Gasteiger partial charge on any atom is 0.322 e. The summed E-state index contributed by atoms with van der Waals surface area (Å²) in [6.07, 6.45) is 6.61. The van der Waals surface area contributed by atoms with Crippen molar-refractivity contribution >= 4 is 23.6 Å². The van der Waals surface area contributed by atoms with Gasteiger partial charge in [0.05, 0.1) is 11.5 Å². The molecular weight excluding hydrogens is 436 g/mol. The zero-order chi connectivity index (χ0) is 24.6. The summed E-state index contributed by atoms with van der Waals surface area (Å²) in [6, 6.07) is 6.09. The van der Waals surface area contributed by atoms with Crippen LogP contribution in [0.15, 0.2) is 30.0 Å². The molecular formula is C27H39ClN2O3. The third-order valence-corrected chi connectivity index (χ3v) is 7.63. The van der Waals surface area contributed by atoms with Gasteiger partial charge >= 0.3 is 12.0 Å². The number of amides is 2. The van der Waals surface area contributed by atoms with Crippen molar-refractivity contribution in [3.63, 3.8) is 0 Å². The standard InChI is InChI=1S/C27H39ClN2O3/c1-17(2)22-16-30(21-11-8-19(9-12-21)24(31)32)25(33)29-27(22,6)20-10-7-18(23(28)15-20)13-14-26(3,4)5/h7,10,15-17,19,21H,8-9,11-14H2,1-6H3,(H,29,33)(H,31,32)/t19-,21+,27?. The van der Waals surface area contributed by atoms with E-state index in [4.69, 9.17) is 11.6 Å². The Morgan fingerprint density at radius 2 is 1.88 bits per heavy atom. The van der Waals surface area contributed by atoms with E-state index in [0.717, 1.165) is 34.6 Å². The fraction of sp³-hybridized carbons (Fsp3) is 0.630. The van der Waals surface area contributed by atoms with Crippen molar-refractivity contribution < 1.29 is 14.7 Å². The SMILES string of the molecule is CC(C)C1=CN([C@H]2CC[C@@H](C(=O)O)CC2)C(=O)NC1(C)c1ccc(CCC(C)(C)C)c(Cl)c1. The lowest BCUT2D eigenvalue weighted by molar-refractivity contribution is -0.143. The first-order valence-electron chi connectivity index (χ1n) is 12.2. The molecule has 0 spiro atoms. The van der Waals surface area contributed by atoms with Crippen LogP contribution in [0.3, 0.4) is 0 Å². The number of nitrogens with zero attached hydrogens (tertiary/aromatic N) is 1. The minimum Gasteiger partial charge on any atom is -0.481 e. The van der Waals surface area contributed by atoms with Crippen LogP contribution in [0.1, 0.15) is 84.8 Å². The van der Waals surface area contributed by atoms with Gasteiger partial charge < -0.3 is 10.4 Å². The van der Waals surface area contributed by atoms with Gasteiger partial charge in [-0.3, -0.25) is 9.69 Å². The number of urea groups is 1. The van der Waals surface area contributed by atoms with E-state index in [1.54, 1.807) is 4.90 Å². The zero-order valence-electron chi connectivity index (χ0n) is 20.9. The number of hydrogen-bond acceptors (Lipinski definition) is 2. The maximum atomic E-state index is 13.3. The van der Waals surface area contributed by atoms with E-state index >= 15 is 0 Å². The van der Waals surface area contributed by atoms with E-state index < -0.39 is 11.5 Å². The van der Waals surface area contributed by atoms with Gasteiger partial charge in [0.1, 0.15) is 0 Å². The molecule has 6 heteroatoms. The molecule has 0 saturated heterocycles. The minimum atomic E-state index is -0.731. The second-order valence-electron chi connectivity index (χ2n) is 11.4. The summed E-state index contributed by atoms with van der Waals surface area (Å²) in [5.74, 6) is -0.815. The van der Waals surface area contributed by atoms with Gasteiger partial charge in [-0.2, -0.15) is 0 Å². The van der Waals surface area contributed by atoms with Gasteiger partial charge in [-0.1, -0.05) is 58.4 Å². The molecule has 1 aromatic carbocycles. The predicted molar refractivity (Wildman–Crippen MR) is 133 cm³/mol. The van der Waals surface area contributed by atoms with Crippen LogP contribution in [0.25, 0.3) is 0 Å². The number of halogens is 1. The Balaban J connectivity index is 1.87. The van der Waals surface area contributed by atoms with Gasteiger partial charge in [-0.05, 0) is 79.5 Å². The summed E-state index contributed by atoms with van der Waals surface area (Å²) in [7, 11) is 0. The second-order valence-corrected chi connectivity index (χ2v) is 11.8. The minimum absolute atomic E-state index is 0.0299. The Kier molecular flexibility index (Phi) is 7.52. The van der Waals surface area contributed by atoms with E-state index in [2.05, 4.69) is 59.0 Å². The summed E-state index contributed by atoms with van der Waals surface area (Å²) in [6.45, 7) is 13.0. The van der Waals surface area contributed by atoms with E-state index in [9.17, 15) is 14.7 Å². The quantitative estimate of drug-likeness (QED) is 0.479. The smallest absolute Gasteiger partial charge is 0.322 e. The van der Waals surface area contributed by atoms with Crippen LogP contribution in [0.5, 0.6) is 0 Å². The highest BCUT2D eigenvalue weighted by Crippen LogP contribution is 2.40. The van der Waals surface area contributed by atoms with Gasteiger partial charge in [0.2, 0.25) is 0 Å². The fourth-order valence-corrected chi connectivity index (χ4v) is 5.37. The molecule has 1 atom stereocenters. The van der Waals surface area contributed by atoms with Crippen molar-refractivity contribution in [2.24, 2.45) is 17.3 Å². The van der Waals surface area contributed by atoms with Crippen LogP contribution in [0.2, 0.25) is 5.02 Å². The van der Waals surface area contributed by atoms with Crippen LogP contribution in [-0.4, -0.2) is 28.0 Å². The first-order valence-corrected chi connectivity index (χ1v) is 12.5. The molecule has 2 N–H and O–H groups in total. The monoisotopic (exact) mass is 474 g/mol. The van der Waals surface area contributed by atoms with E-state index in [-0.39, 0.29) is 29.3 Å². The van der Waals surface area contributed by atoms with Crippen LogP contribution in [-0.2, 0) is 16.8 Å². The topological polar surface area (TPSA) is 69.6 Å². The molecule has 1 unspecified atom stereocenters. The highest BCUT2D eigenvalue weighted by atomic mass is 35.5. The lowest BCUT2D eigenvalue weighted by Crippen LogP contribution is -2.57. The molecule has 1 heterocycles. The average molecular weight is 475 g/mol. The highest BCUT2D eigenvalue weighted by Gasteiger charge is 2.42. The Morgan fingerprint density at radius 1 is 1.24 bits per heavy atom. The number of carbonyl (C=O) groups excluding carboxylic acids is 1. The van der Waals surface area contributed by atoms with Gasteiger partial charge in [0.15, 0.2) is 0 Å². The molecule has 0 bridgehead atoms. The maximum absolute atomic E-state index is 13.3. The van der Waals surface area contributed by atoms with Crippen LogP contribution in [0.4, 0.5) is 4.79 Å². The lowest BCUT2D eigenvalue weighted by atomic mass is 9.77. The Labute approximate surface area is 203 Å². The molecule has 2 aliphatic rings. The number of benzene rings is 1. The van der Waals surface area contributed by atoms with Crippen LogP contribution in [0, 0.1) is 17.3 Å². The van der Waals surface area contributed by atoms with Gasteiger partial charge in [0.25, 0.3) is 0 Å². The number of carboxylic acids is 1. The Hall–Kier alpha value is -2.01. The number of aliphatic carboxylic acids is 1. The molecule has 1 aliphatic heterocycles. The first kappa shape index (κ1) is 25.6. The molecule has 0 aromatic heterocycles. The van der Waals surface area contributed by atoms with E-state index in [1.165, 1.54) is 0 Å². The molecule has 1 aliphatic carbocycles. The van der Waals surface area contributed by atoms with Crippen molar-refractivity contribution in [2.75, 3.05) is 0 Å². The second kappa shape index (κ2) is 9.69. The largest absolute Gasteiger partial charge is 0.481 e. The zero-order valence-corrected chi connectivity index (χ0v) is 21.6. The number of rotatable bonds is 6. The van der Waals surface area contributed by atoms with Crippen LogP contribution >= 0.6 is 11.6 Å². The molecule has 33 heavy (non-hydrogen) atoms. The van der Waals surface area contributed by atoms with Crippen molar-refractivity contribution in [3.8, 4) is 0 Å². The van der Waals surface area contributed by atoms with Crippen molar-refractivity contribution in [1.82, 2.24) is 10.2 Å². The summed E-state index contributed by atoms with van der Waals surface area (Å²) >= 11 is 6.70.